The van der Waals surface area contributed by atoms with E-state index in [-0.39, 0.29) is 6.07 Å². The third-order valence-electron chi connectivity index (χ3n) is 2.13. The van der Waals surface area contributed by atoms with Gasteiger partial charge in [0.15, 0.2) is 23.3 Å². The zero-order valence-corrected chi connectivity index (χ0v) is 8.77. The van der Waals surface area contributed by atoms with Gasteiger partial charge in [0.1, 0.15) is 6.04 Å². The molecule has 0 heterocycles. The van der Waals surface area contributed by atoms with Crippen molar-refractivity contribution in [3.8, 4) is 0 Å². The summed E-state index contributed by atoms with van der Waals surface area (Å²) in [5, 5.41) is 0. The molecule has 0 aliphatic rings. The molecular weight excluding hydrogens is 242 g/mol. The van der Waals surface area contributed by atoms with E-state index in [0.717, 1.165) is 7.11 Å². The highest BCUT2D eigenvalue weighted by molar-refractivity contribution is 5.75. The van der Waals surface area contributed by atoms with E-state index in [1.807, 2.05) is 0 Å². The molecule has 0 amide bonds. The molecule has 0 bridgehead atoms. The monoisotopic (exact) mass is 251 g/mol. The minimum Gasteiger partial charge on any atom is -0.468 e. The van der Waals surface area contributed by atoms with Crippen LogP contribution in [0.2, 0.25) is 0 Å². The molecule has 0 unspecified atom stereocenters. The first-order valence-electron chi connectivity index (χ1n) is 4.53. The molecule has 1 atom stereocenters. The SMILES string of the molecule is COC(=O)[C@@H](N)Cc1c(F)c(F)cc(F)c1F. The van der Waals surface area contributed by atoms with E-state index in [0.29, 0.717) is 0 Å². The van der Waals surface area contributed by atoms with Gasteiger partial charge in [-0.25, -0.2) is 17.6 Å². The summed E-state index contributed by atoms with van der Waals surface area (Å²) in [6.07, 6.45) is -0.695. The van der Waals surface area contributed by atoms with E-state index in [9.17, 15) is 22.4 Å². The Balaban J connectivity index is 3.10. The molecule has 0 aromatic heterocycles. The standard InChI is InChI=1S/C10H9F4NO2/c1-17-10(16)7(15)2-4-8(13)5(11)3-6(12)9(4)14/h3,7H,2,15H2,1H3/t7-/m0/s1. The average Bonchev–Trinajstić information content (AvgIpc) is 2.30. The van der Waals surface area contributed by atoms with Crippen LogP contribution < -0.4 is 5.73 Å². The second-order valence-corrected chi connectivity index (χ2v) is 3.28. The van der Waals surface area contributed by atoms with Crippen molar-refractivity contribution in [2.45, 2.75) is 12.5 Å². The Morgan fingerprint density at radius 3 is 2.18 bits per heavy atom. The third kappa shape index (κ3) is 2.73. The van der Waals surface area contributed by atoms with Crippen molar-refractivity contribution in [3.63, 3.8) is 0 Å². The summed E-state index contributed by atoms with van der Waals surface area (Å²) in [6, 6.07) is -1.32. The predicted octanol–water partition coefficient (Wildman–Crippen LogP) is 1.29. The van der Waals surface area contributed by atoms with Gasteiger partial charge in [0, 0.05) is 18.1 Å². The maximum Gasteiger partial charge on any atom is 0.322 e. The van der Waals surface area contributed by atoms with Crippen molar-refractivity contribution < 1.29 is 27.1 Å². The zero-order chi connectivity index (χ0) is 13.2. The lowest BCUT2D eigenvalue weighted by Gasteiger charge is -2.11. The molecule has 1 aromatic rings. The summed E-state index contributed by atoms with van der Waals surface area (Å²) in [5.74, 6) is -7.16. The zero-order valence-electron chi connectivity index (χ0n) is 8.77. The Hall–Kier alpha value is -1.63. The molecular formula is C10H9F4NO2. The van der Waals surface area contributed by atoms with Crippen LogP contribution in [0.1, 0.15) is 5.56 Å². The average molecular weight is 251 g/mol. The highest BCUT2D eigenvalue weighted by atomic mass is 19.2. The quantitative estimate of drug-likeness (QED) is 0.500. The number of halogens is 4. The molecule has 17 heavy (non-hydrogen) atoms. The number of esters is 1. The van der Waals surface area contributed by atoms with Gasteiger partial charge >= 0.3 is 5.97 Å². The van der Waals surface area contributed by atoms with Crippen LogP contribution in [0.15, 0.2) is 6.07 Å². The normalized spacial score (nSPS) is 12.4. The number of benzene rings is 1. The summed E-state index contributed by atoms with van der Waals surface area (Å²) >= 11 is 0. The molecule has 0 aliphatic heterocycles. The van der Waals surface area contributed by atoms with Crippen molar-refractivity contribution in [3.05, 3.63) is 34.9 Å². The largest absolute Gasteiger partial charge is 0.468 e. The van der Waals surface area contributed by atoms with Crippen molar-refractivity contribution in [1.29, 1.82) is 0 Å². The number of rotatable bonds is 3. The van der Waals surface area contributed by atoms with Gasteiger partial charge in [0.2, 0.25) is 0 Å². The number of carbonyl (C=O) groups is 1. The van der Waals surface area contributed by atoms with Crippen molar-refractivity contribution in [1.82, 2.24) is 0 Å². The summed E-state index contributed by atoms with van der Waals surface area (Å²) in [5.41, 5.74) is 4.33. The van der Waals surface area contributed by atoms with Crippen LogP contribution in [0.5, 0.6) is 0 Å². The first kappa shape index (κ1) is 13.4. The first-order chi connectivity index (χ1) is 7.88. The van der Waals surface area contributed by atoms with Gasteiger partial charge in [0.05, 0.1) is 7.11 Å². The lowest BCUT2D eigenvalue weighted by molar-refractivity contribution is -0.142. The van der Waals surface area contributed by atoms with Gasteiger partial charge < -0.3 is 10.5 Å². The second-order valence-electron chi connectivity index (χ2n) is 3.28. The van der Waals surface area contributed by atoms with Crippen molar-refractivity contribution in [2.75, 3.05) is 7.11 Å². The lowest BCUT2D eigenvalue weighted by atomic mass is 10.0. The van der Waals surface area contributed by atoms with Crippen LogP contribution in [0.3, 0.4) is 0 Å². The lowest BCUT2D eigenvalue weighted by Crippen LogP contribution is -2.34. The van der Waals surface area contributed by atoms with Gasteiger partial charge in [-0.2, -0.15) is 0 Å². The van der Waals surface area contributed by atoms with Crippen LogP contribution in [0.4, 0.5) is 17.6 Å². The summed E-state index contributed by atoms with van der Waals surface area (Å²) in [7, 11) is 1.03. The molecule has 0 saturated heterocycles. The molecule has 2 N–H and O–H groups in total. The van der Waals surface area contributed by atoms with Gasteiger partial charge in [0.25, 0.3) is 0 Å². The molecule has 94 valence electrons. The topological polar surface area (TPSA) is 52.3 Å². The van der Waals surface area contributed by atoms with Crippen molar-refractivity contribution >= 4 is 5.97 Å². The second kappa shape index (κ2) is 5.13. The Morgan fingerprint density at radius 2 is 1.76 bits per heavy atom. The van der Waals surface area contributed by atoms with Crippen LogP contribution in [0.25, 0.3) is 0 Å². The number of carbonyl (C=O) groups excluding carboxylic acids is 1. The van der Waals surface area contributed by atoms with E-state index < -0.39 is 47.3 Å². The van der Waals surface area contributed by atoms with E-state index in [2.05, 4.69) is 4.74 Å². The third-order valence-corrected chi connectivity index (χ3v) is 2.13. The first-order valence-corrected chi connectivity index (χ1v) is 4.53. The van der Waals surface area contributed by atoms with Crippen LogP contribution >= 0.6 is 0 Å². The molecule has 3 nitrogen and oxygen atoms in total. The minimum absolute atomic E-state index is 0.0812. The fourth-order valence-corrected chi connectivity index (χ4v) is 1.26. The smallest absolute Gasteiger partial charge is 0.322 e. The Bertz CT molecular complexity index is 424. The van der Waals surface area contributed by atoms with Gasteiger partial charge in [-0.15, -0.1) is 0 Å². The molecule has 0 aliphatic carbocycles. The number of methoxy groups -OCH3 is 1. The Morgan fingerprint density at radius 1 is 1.29 bits per heavy atom. The molecule has 1 rings (SSSR count). The highest BCUT2D eigenvalue weighted by Crippen LogP contribution is 2.20. The summed E-state index contributed by atoms with van der Waals surface area (Å²) in [4.78, 5) is 10.9. The molecule has 0 saturated carbocycles. The molecule has 0 spiro atoms. The molecule has 7 heteroatoms. The summed E-state index contributed by atoms with van der Waals surface area (Å²) < 4.78 is 56.2. The molecule has 0 fully saturated rings. The maximum absolute atomic E-state index is 13.2. The highest BCUT2D eigenvalue weighted by Gasteiger charge is 2.24. The maximum atomic E-state index is 13.2. The van der Waals surface area contributed by atoms with Crippen LogP contribution in [0, 0.1) is 23.3 Å². The fourth-order valence-electron chi connectivity index (χ4n) is 1.26. The van der Waals surface area contributed by atoms with Crippen LogP contribution in [-0.2, 0) is 16.0 Å². The minimum atomic E-state index is -1.57. The van der Waals surface area contributed by atoms with Gasteiger partial charge in [-0.3, -0.25) is 4.79 Å². The number of nitrogens with two attached hydrogens (primary N) is 1. The Labute approximate surface area is 94.2 Å². The van der Waals surface area contributed by atoms with Crippen molar-refractivity contribution in [2.24, 2.45) is 5.73 Å². The summed E-state index contributed by atoms with van der Waals surface area (Å²) in [6.45, 7) is 0. The van der Waals surface area contributed by atoms with E-state index in [4.69, 9.17) is 5.73 Å². The number of ether oxygens (including phenoxy) is 1. The van der Waals surface area contributed by atoms with Gasteiger partial charge in [-0.1, -0.05) is 0 Å². The van der Waals surface area contributed by atoms with E-state index in [1.165, 1.54) is 0 Å². The number of hydrogen-bond donors (Lipinski definition) is 1. The Kier molecular flexibility index (Phi) is 4.06. The molecule has 0 radical (unpaired) electrons. The molecule has 1 aromatic carbocycles. The number of hydrogen-bond acceptors (Lipinski definition) is 3. The van der Waals surface area contributed by atoms with E-state index >= 15 is 0 Å². The predicted molar refractivity (Wildman–Crippen MR) is 50.0 cm³/mol. The van der Waals surface area contributed by atoms with Crippen LogP contribution in [-0.4, -0.2) is 19.1 Å². The van der Waals surface area contributed by atoms with E-state index in [1.54, 1.807) is 0 Å². The fraction of sp³-hybridized carbons (Fsp3) is 0.300. The van der Waals surface area contributed by atoms with Gasteiger partial charge in [-0.05, 0) is 0 Å².